The maximum absolute atomic E-state index is 12.6. The van der Waals surface area contributed by atoms with E-state index in [4.69, 9.17) is 14.2 Å². The second-order valence-electron chi connectivity index (χ2n) is 7.91. The summed E-state index contributed by atoms with van der Waals surface area (Å²) < 4.78 is 16.3. The van der Waals surface area contributed by atoms with Crippen LogP contribution in [-0.4, -0.2) is 38.4 Å². The Hall–Kier alpha value is -1.90. The number of ether oxygens (including phenoxy) is 3. The monoisotopic (exact) mass is 416 g/mol. The number of unbranched alkanes of at least 4 members (excludes halogenated alkanes) is 3. The fourth-order valence-corrected chi connectivity index (χ4v) is 3.97. The van der Waals surface area contributed by atoms with Crippen LogP contribution in [0, 0.1) is 23.2 Å². The number of ketones is 1. The Morgan fingerprint density at radius 2 is 2.13 bits per heavy atom. The van der Waals surface area contributed by atoms with Gasteiger partial charge in [0.1, 0.15) is 5.41 Å². The predicted molar refractivity (Wildman–Crippen MR) is 117 cm³/mol. The van der Waals surface area contributed by atoms with Crippen molar-refractivity contribution in [3.05, 3.63) is 24.3 Å². The molecule has 0 N–H and O–H groups in total. The summed E-state index contributed by atoms with van der Waals surface area (Å²) in [6.45, 7) is 3.57. The van der Waals surface area contributed by atoms with Gasteiger partial charge in [-0.1, -0.05) is 31.6 Å². The average molecular weight is 417 g/mol. The molecule has 0 aromatic carbocycles. The molecule has 166 valence electrons. The van der Waals surface area contributed by atoms with Crippen LogP contribution in [0.4, 0.5) is 0 Å². The topological polar surface area (TPSA) is 61.8 Å². The van der Waals surface area contributed by atoms with Crippen molar-refractivity contribution in [2.45, 2.75) is 77.4 Å². The van der Waals surface area contributed by atoms with Crippen LogP contribution in [0.2, 0.25) is 0 Å². The molecule has 0 bridgehead atoms. The van der Waals surface area contributed by atoms with Gasteiger partial charge in [0.15, 0.2) is 12.1 Å². The van der Waals surface area contributed by atoms with E-state index in [1.807, 2.05) is 25.2 Å². The number of hydrogen-bond acceptors (Lipinski definition) is 5. The Bertz CT molecular complexity index is 663. The lowest BCUT2D eigenvalue weighted by Gasteiger charge is -2.29. The second-order valence-corrected chi connectivity index (χ2v) is 7.91. The quantitative estimate of drug-likeness (QED) is 0.160. The zero-order valence-electron chi connectivity index (χ0n) is 18.5. The summed E-state index contributed by atoms with van der Waals surface area (Å²) in [5, 5.41) is 0. The van der Waals surface area contributed by atoms with Crippen LogP contribution in [0.1, 0.15) is 71.1 Å². The molecule has 1 aliphatic carbocycles. The molecule has 0 amide bonds. The highest BCUT2D eigenvalue weighted by molar-refractivity contribution is 6.12. The van der Waals surface area contributed by atoms with E-state index in [-0.39, 0.29) is 18.0 Å². The minimum Gasteiger partial charge on any atom is -0.468 e. The van der Waals surface area contributed by atoms with Gasteiger partial charge in [0.2, 0.25) is 0 Å². The van der Waals surface area contributed by atoms with Crippen molar-refractivity contribution in [3.63, 3.8) is 0 Å². The first-order valence-corrected chi connectivity index (χ1v) is 11.3. The molecule has 0 radical (unpaired) electrons. The minimum atomic E-state index is -1.16. The van der Waals surface area contributed by atoms with Crippen LogP contribution in [-0.2, 0) is 23.8 Å². The highest BCUT2D eigenvalue weighted by Crippen LogP contribution is 2.42. The Morgan fingerprint density at radius 1 is 1.27 bits per heavy atom. The lowest BCUT2D eigenvalue weighted by molar-refractivity contribution is -0.162. The van der Waals surface area contributed by atoms with Gasteiger partial charge in [0.25, 0.3) is 0 Å². The maximum Gasteiger partial charge on any atom is 0.320 e. The van der Waals surface area contributed by atoms with Gasteiger partial charge in [0, 0.05) is 32.0 Å². The molecule has 2 aliphatic rings. The molecule has 1 heterocycles. The fraction of sp³-hybridized carbons (Fsp3) is 0.680. The molecular formula is C25H36O5. The largest absolute Gasteiger partial charge is 0.468 e. The summed E-state index contributed by atoms with van der Waals surface area (Å²) in [5.41, 5.74) is -1.16. The molecule has 0 spiro atoms. The van der Waals surface area contributed by atoms with Gasteiger partial charge in [0.05, 0.1) is 7.11 Å². The molecule has 0 aromatic heterocycles. The summed E-state index contributed by atoms with van der Waals surface area (Å²) in [6.07, 6.45) is 16.1. The lowest BCUT2D eigenvalue weighted by atomic mass is 9.72. The van der Waals surface area contributed by atoms with Crippen molar-refractivity contribution < 1.29 is 23.8 Å². The van der Waals surface area contributed by atoms with Gasteiger partial charge in [-0.05, 0) is 51.0 Å². The third-order valence-corrected chi connectivity index (χ3v) is 5.78. The molecule has 30 heavy (non-hydrogen) atoms. The Kier molecular flexibility index (Phi) is 10.9. The van der Waals surface area contributed by atoms with Crippen LogP contribution in [0.5, 0.6) is 0 Å². The minimum absolute atomic E-state index is 0.0111. The third-order valence-electron chi connectivity index (χ3n) is 5.78. The molecule has 1 aliphatic heterocycles. The first-order valence-electron chi connectivity index (χ1n) is 11.3. The van der Waals surface area contributed by atoms with Gasteiger partial charge < -0.3 is 14.2 Å². The fourth-order valence-electron chi connectivity index (χ4n) is 3.97. The molecule has 0 saturated carbocycles. The average Bonchev–Trinajstić information content (AvgIpc) is 3.09. The Morgan fingerprint density at radius 3 is 2.87 bits per heavy atom. The Labute approximate surface area is 181 Å². The normalized spacial score (nSPS) is 26.0. The molecule has 2 rings (SSSR count). The van der Waals surface area contributed by atoms with Gasteiger partial charge in [-0.3, -0.25) is 9.59 Å². The number of carbonyl (C=O) groups excluding carboxylic acids is 2. The SMILES string of the molecule is CC/C=C\CC1(C(=O)OC)C(=O)C=CC1CC#CCCCCCOC1CCCCO1. The number of hydrogen-bond donors (Lipinski definition) is 0. The number of allylic oxidation sites excluding steroid dienone is 4. The first kappa shape index (κ1) is 24.4. The van der Waals surface area contributed by atoms with Crippen LogP contribution in [0.3, 0.4) is 0 Å². The molecule has 0 aromatic rings. The molecular weight excluding hydrogens is 380 g/mol. The van der Waals surface area contributed by atoms with Gasteiger partial charge in [-0.2, -0.15) is 0 Å². The second kappa shape index (κ2) is 13.4. The molecule has 3 atom stereocenters. The predicted octanol–water partition coefficient (Wildman–Crippen LogP) is 4.75. The maximum atomic E-state index is 12.6. The van der Waals surface area contributed by atoms with Crippen LogP contribution in [0.15, 0.2) is 24.3 Å². The number of rotatable bonds is 11. The zero-order chi connectivity index (χ0) is 21.7. The lowest BCUT2D eigenvalue weighted by Crippen LogP contribution is -2.42. The van der Waals surface area contributed by atoms with E-state index in [0.717, 1.165) is 58.2 Å². The van der Waals surface area contributed by atoms with Gasteiger partial charge >= 0.3 is 5.97 Å². The van der Waals surface area contributed by atoms with E-state index in [2.05, 4.69) is 11.8 Å². The van der Waals surface area contributed by atoms with E-state index in [0.29, 0.717) is 12.8 Å². The van der Waals surface area contributed by atoms with Gasteiger partial charge in [-0.15, -0.1) is 11.8 Å². The first-order chi connectivity index (χ1) is 14.6. The molecule has 5 heteroatoms. The van der Waals surface area contributed by atoms with Crippen molar-refractivity contribution in [2.24, 2.45) is 11.3 Å². The van der Waals surface area contributed by atoms with Gasteiger partial charge in [-0.25, -0.2) is 0 Å². The van der Waals surface area contributed by atoms with Crippen molar-refractivity contribution in [1.29, 1.82) is 0 Å². The number of methoxy groups -OCH3 is 1. The Balaban J connectivity index is 1.73. The standard InChI is InChI=1S/C25H36O5/c1-3-4-11-18-25(24(27)28-2)21(16-17-22(25)26)14-9-7-5-6-8-12-19-29-23-15-10-13-20-30-23/h4,11,16-17,21,23H,3,5-6,8,10,12-15,18-20H2,1-2H3/b11-4-. The molecule has 1 saturated heterocycles. The third kappa shape index (κ3) is 6.82. The highest BCUT2D eigenvalue weighted by atomic mass is 16.7. The van der Waals surface area contributed by atoms with E-state index >= 15 is 0 Å². The van der Waals surface area contributed by atoms with E-state index < -0.39 is 11.4 Å². The van der Waals surface area contributed by atoms with E-state index in [1.54, 1.807) is 0 Å². The highest BCUT2D eigenvalue weighted by Gasteiger charge is 2.52. The smallest absolute Gasteiger partial charge is 0.320 e. The van der Waals surface area contributed by atoms with Crippen molar-refractivity contribution in [1.82, 2.24) is 0 Å². The van der Waals surface area contributed by atoms with Crippen molar-refractivity contribution in [3.8, 4) is 11.8 Å². The van der Waals surface area contributed by atoms with Crippen LogP contribution < -0.4 is 0 Å². The molecule has 5 nitrogen and oxygen atoms in total. The summed E-state index contributed by atoms with van der Waals surface area (Å²) in [6, 6.07) is 0. The van der Waals surface area contributed by atoms with Crippen molar-refractivity contribution >= 4 is 11.8 Å². The summed E-state index contributed by atoms with van der Waals surface area (Å²) >= 11 is 0. The molecule has 1 fully saturated rings. The van der Waals surface area contributed by atoms with Crippen LogP contribution >= 0.6 is 0 Å². The summed E-state index contributed by atoms with van der Waals surface area (Å²) in [5.74, 6) is 5.49. The number of esters is 1. The van der Waals surface area contributed by atoms with E-state index in [9.17, 15) is 9.59 Å². The van der Waals surface area contributed by atoms with Crippen LogP contribution in [0.25, 0.3) is 0 Å². The number of carbonyl (C=O) groups is 2. The van der Waals surface area contributed by atoms with E-state index in [1.165, 1.54) is 19.6 Å². The molecule has 3 unspecified atom stereocenters. The van der Waals surface area contributed by atoms with Crippen molar-refractivity contribution in [2.75, 3.05) is 20.3 Å². The zero-order valence-corrected chi connectivity index (χ0v) is 18.5. The summed E-state index contributed by atoms with van der Waals surface area (Å²) in [7, 11) is 1.34. The summed E-state index contributed by atoms with van der Waals surface area (Å²) in [4.78, 5) is 25.1.